The van der Waals surface area contributed by atoms with E-state index < -0.39 is 0 Å². The molecule has 1 N–H and O–H groups in total. The molecule has 0 bridgehead atoms. The maximum Gasteiger partial charge on any atom is 0.264 e. The number of amides is 1. The van der Waals surface area contributed by atoms with Crippen LogP contribution in [-0.2, 0) is 24.3 Å². The lowest BCUT2D eigenvalue weighted by Gasteiger charge is -2.30. The van der Waals surface area contributed by atoms with Crippen molar-refractivity contribution < 1.29 is 9.18 Å². The third kappa shape index (κ3) is 5.33. The summed E-state index contributed by atoms with van der Waals surface area (Å²) in [5.41, 5.74) is 2.71. The first-order valence-electron chi connectivity index (χ1n) is 12.2. The van der Waals surface area contributed by atoms with Crippen molar-refractivity contribution in [1.29, 1.82) is 0 Å². The van der Waals surface area contributed by atoms with Crippen LogP contribution in [-0.4, -0.2) is 38.7 Å². The number of thioether (sulfide) groups is 1. The maximum absolute atomic E-state index is 13.8. The molecule has 5 rings (SSSR count). The largest absolute Gasteiger partial charge is 0.338 e. The zero-order valence-corrected chi connectivity index (χ0v) is 20.4. The first-order chi connectivity index (χ1) is 17.1. The lowest BCUT2D eigenvalue weighted by Crippen LogP contribution is -2.42. The summed E-state index contributed by atoms with van der Waals surface area (Å²) in [4.78, 5) is 33.2. The van der Waals surface area contributed by atoms with E-state index in [-0.39, 0.29) is 23.8 Å². The number of hydrogen-bond acceptors (Lipinski definition) is 5. The van der Waals surface area contributed by atoms with Gasteiger partial charge in [0, 0.05) is 43.3 Å². The number of para-hydroxylation sites is 1. The van der Waals surface area contributed by atoms with E-state index in [0.29, 0.717) is 48.9 Å². The Labute approximate surface area is 208 Å². The summed E-state index contributed by atoms with van der Waals surface area (Å²) >= 11 is 1.69. The van der Waals surface area contributed by atoms with Crippen LogP contribution in [0.15, 0.2) is 64.5 Å². The number of fused-ring (bicyclic) bond motifs is 1. The molecule has 1 fully saturated rings. The van der Waals surface area contributed by atoms with Crippen LogP contribution in [0.5, 0.6) is 0 Å². The van der Waals surface area contributed by atoms with E-state index >= 15 is 0 Å². The van der Waals surface area contributed by atoms with Gasteiger partial charge in [-0.25, -0.2) is 9.37 Å². The molecule has 2 aliphatic rings. The Bertz CT molecular complexity index is 1260. The van der Waals surface area contributed by atoms with Crippen molar-refractivity contribution in [3.63, 3.8) is 0 Å². The summed E-state index contributed by atoms with van der Waals surface area (Å²) in [6, 6.07) is 16.2. The van der Waals surface area contributed by atoms with E-state index in [1.54, 1.807) is 39.4 Å². The normalized spacial score (nSPS) is 15.5. The van der Waals surface area contributed by atoms with E-state index in [4.69, 9.17) is 4.98 Å². The van der Waals surface area contributed by atoms with Crippen LogP contribution in [0.1, 0.15) is 42.5 Å². The van der Waals surface area contributed by atoms with Gasteiger partial charge in [0.15, 0.2) is 5.16 Å². The summed E-state index contributed by atoms with van der Waals surface area (Å²) in [6.45, 7) is 1.64. The fraction of sp³-hybridized carbons (Fsp3) is 0.370. The Morgan fingerprint density at radius 2 is 1.89 bits per heavy atom. The molecule has 182 valence electrons. The average Bonchev–Trinajstić information content (AvgIpc) is 2.85. The summed E-state index contributed by atoms with van der Waals surface area (Å²) in [5, 5.41) is 4.40. The highest BCUT2D eigenvalue weighted by Crippen LogP contribution is 2.36. The van der Waals surface area contributed by atoms with Gasteiger partial charge in [-0.3, -0.25) is 14.2 Å². The first kappa shape index (κ1) is 23.8. The SMILES string of the molecule is O=C(CCNCc1ccccc1F)N1CCc2nc(SC3CCC3)n(-c3ccccc3)c(=O)c2C1. The molecule has 0 spiro atoms. The van der Waals surface area contributed by atoms with Crippen molar-refractivity contribution >= 4 is 17.7 Å². The highest BCUT2D eigenvalue weighted by atomic mass is 32.2. The van der Waals surface area contributed by atoms with Crippen LogP contribution in [0.3, 0.4) is 0 Å². The standard InChI is InChI=1S/C27H29FN4O2S/c28-23-12-5-4-7-19(23)17-29-15-13-25(33)31-16-14-24-22(18-31)26(34)32(20-8-2-1-3-9-20)27(30-24)35-21-10-6-11-21/h1-5,7-9,12,21,29H,6,10-11,13-18H2. The van der Waals surface area contributed by atoms with Gasteiger partial charge in [-0.2, -0.15) is 0 Å². The Morgan fingerprint density at radius 1 is 1.11 bits per heavy atom. The average molecular weight is 493 g/mol. The molecule has 6 nitrogen and oxygen atoms in total. The van der Waals surface area contributed by atoms with Gasteiger partial charge >= 0.3 is 0 Å². The third-order valence-corrected chi connectivity index (χ3v) is 7.97. The molecular weight excluding hydrogens is 463 g/mol. The molecule has 3 aromatic rings. The molecule has 2 heterocycles. The second-order valence-corrected chi connectivity index (χ2v) is 10.3. The van der Waals surface area contributed by atoms with E-state index in [2.05, 4.69) is 5.32 Å². The van der Waals surface area contributed by atoms with Crippen molar-refractivity contribution in [2.45, 2.75) is 55.6 Å². The van der Waals surface area contributed by atoms with Crippen LogP contribution in [0, 0.1) is 5.82 Å². The molecule has 1 amide bonds. The van der Waals surface area contributed by atoms with Crippen molar-refractivity contribution in [1.82, 2.24) is 19.8 Å². The number of nitrogens with one attached hydrogen (secondary N) is 1. The van der Waals surface area contributed by atoms with Crippen LogP contribution in [0.2, 0.25) is 0 Å². The van der Waals surface area contributed by atoms with Gasteiger partial charge in [-0.15, -0.1) is 0 Å². The zero-order valence-electron chi connectivity index (χ0n) is 19.6. The van der Waals surface area contributed by atoms with E-state index in [9.17, 15) is 14.0 Å². The van der Waals surface area contributed by atoms with E-state index in [1.165, 1.54) is 12.5 Å². The summed E-state index contributed by atoms with van der Waals surface area (Å²) < 4.78 is 15.5. The molecule has 8 heteroatoms. The number of nitrogens with zero attached hydrogens (tertiary/aromatic N) is 3. The Morgan fingerprint density at radius 3 is 2.63 bits per heavy atom. The van der Waals surface area contributed by atoms with Gasteiger partial charge in [0.25, 0.3) is 5.56 Å². The second kappa shape index (κ2) is 10.7. The minimum absolute atomic E-state index is 0.0183. The molecule has 0 radical (unpaired) electrons. The quantitative estimate of drug-likeness (QED) is 0.379. The monoisotopic (exact) mass is 492 g/mol. The van der Waals surface area contributed by atoms with Crippen molar-refractivity contribution in [3.05, 3.63) is 87.6 Å². The second-order valence-electron chi connectivity index (χ2n) is 9.05. The molecule has 0 unspecified atom stereocenters. The Balaban J connectivity index is 1.29. The Kier molecular flexibility index (Phi) is 7.29. The van der Waals surface area contributed by atoms with Gasteiger partial charge in [0.1, 0.15) is 5.82 Å². The fourth-order valence-corrected chi connectivity index (χ4v) is 5.73. The van der Waals surface area contributed by atoms with Gasteiger partial charge < -0.3 is 10.2 Å². The fourth-order valence-electron chi connectivity index (χ4n) is 4.41. The van der Waals surface area contributed by atoms with E-state index in [0.717, 1.165) is 29.4 Å². The highest BCUT2D eigenvalue weighted by Gasteiger charge is 2.28. The van der Waals surface area contributed by atoms with Crippen molar-refractivity contribution in [2.75, 3.05) is 13.1 Å². The van der Waals surface area contributed by atoms with Crippen LogP contribution in [0.4, 0.5) is 4.39 Å². The van der Waals surface area contributed by atoms with Crippen molar-refractivity contribution in [3.8, 4) is 5.69 Å². The molecule has 1 saturated carbocycles. The van der Waals surface area contributed by atoms with Crippen LogP contribution < -0.4 is 10.9 Å². The number of benzene rings is 2. The van der Waals surface area contributed by atoms with Gasteiger partial charge in [0.05, 0.1) is 23.5 Å². The van der Waals surface area contributed by atoms with Crippen LogP contribution in [0.25, 0.3) is 5.69 Å². The zero-order chi connectivity index (χ0) is 24.2. The number of aromatic nitrogens is 2. The predicted octanol–water partition coefficient (Wildman–Crippen LogP) is 4.08. The number of hydrogen-bond donors (Lipinski definition) is 1. The lowest BCUT2D eigenvalue weighted by atomic mass is 10.0. The topological polar surface area (TPSA) is 67.2 Å². The van der Waals surface area contributed by atoms with Gasteiger partial charge in [-0.1, -0.05) is 54.6 Å². The smallest absolute Gasteiger partial charge is 0.264 e. The molecule has 2 aromatic carbocycles. The van der Waals surface area contributed by atoms with Crippen LogP contribution >= 0.6 is 11.8 Å². The maximum atomic E-state index is 13.8. The third-order valence-electron chi connectivity index (χ3n) is 6.68. The molecule has 1 aromatic heterocycles. The summed E-state index contributed by atoms with van der Waals surface area (Å²) in [6.07, 6.45) is 4.40. The highest BCUT2D eigenvalue weighted by molar-refractivity contribution is 7.99. The molecule has 35 heavy (non-hydrogen) atoms. The molecule has 0 atom stereocenters. The van der Waals surface area contributed by atoms with Gasteiger partial charge in [0.2, 0.25) is 5.91 Å². The molecule has 0 saturated heterocycles. The Hall–Kier alpha value is -2.97. The minimum atomic E-state index is -0.254. The number of halogens is 1. The van der Waals surface area contributed by atoms with Crippen molar-refractivity contribution in [2.24, 2.45) is 0 Å². The molecular formula is C27H29FN4O2S. The first-order valence-corrected chi connectivity index (χ1v) is 13.1. The lowest BCUT2D eigenvalue weighted by molar-refractivity contribution is -0.132. The summed E-state index contributed by atoms with van der Waals surface area (Å²) in [5.74, 6) is -0.272. The summed E-state index contributed by atoms with van der Waals surface area (Å²) in [7, 11) is 0. The number of rotatable bonds is 8. The minimum Gasteiger partial charge on any atom is -0.338 e. The molecule has 1 aliphatic heterocycles. The number of carbonyl (C=O) groups excluding carboxylic acids is 1. The predicted molar refractivity (Wildman–Crippen MR) is 135 cm³/mol. The van der Waals surface area contributed by atoms with Gasteiger partial charge in [-0.05, 0) is 31.0 Å². The molecule has 1 aliphatic carbocycles. The number of carbonyl (C=O) groups is 1. The van der Waals surface area contributed by atoms with E-state index in [1.807, 2.05) is 30.3 Å².